The van der Waals surface area contributed by atoms with Crippen LogP contribution in [0.1, 0.15) is 53.4 Å². The normalized spacial score (nSPS) is 13.7. The number of anilines is 1. The molecule has 1 aliphatic rings. The van der Waals surface area contributed by atoms with Crippen LogP contribution >= 0.6 is 0 Å². The molecular formula is C26H28N2O4. The van der Waals surface area contributed by atoms with E-state index in [2.05, 4.69) is 22.8 Å². The van der Waals surface area contributed by atoms with Crippen LogP contribution in [0.25, 0.3) is 0 Å². The van der Waals surface area contributed by atoms with E-state index in [1.165, 1.54) is 24.0 Å². The summed E-state index contributed by atoms with van der Waals surface area (Å²) in [5, 5.41) is 5.68. The fourth-order valence-corrected chi connectivity index (χ4v) is 3.95. The molecule has 2 amide bonds. The highest BCUT2D eigenvalue weighted by molar-refractivity contribution is 6.04. The summed E-state index contributed by atoms with van der Waals surface area (Å²) in [4.78, 5) is 25.6. The number of carbonyl (C=O) groups excluding carboxylic acids is 2. The fourth-order valence-electron chi connectivity index (χ4n) is 3.95. The van der Waals surface area contributed by atoms with Gasteiger partial charge in [0.2, 0.25) is 0 Å². The number of rotatable bonds is 8. The molecule has 4 rings (SSSR count). The Labute approximate surface area is 188 Å². The number of aryl methyl sites for hydroxylation is 2. The number of nitrogens with one attached hydrogen (secondary N) is 2. The van der Waals surface area contributed by atoms with Crippen LogP contribution < -0.4 is 15.4 Å². The van der Waals surface area contributed by atoms with Crippen molar-refractivity contribution < 1.29 is 18.7 Å². The van der Waals surface area contributed by atoms with Crippen molar-refractivity contribution in [3.8, 4) is 5.75 Å². The predicted octanol–water partition coefficient (Wildman–Crippen LogP) is 4.88. The van der Waals surface area contributed by atoms with Crippen LogP contribution in [-0.2, 0) is 24.2 Å². The molecule has 0 saturated heterocycles. The highest BCUT2D eigenvalue weighted by Gasteiger charge is 2.22. The maximum absolute atomic E-state index is 13.0. The lowest BCUT2D eigenvalue weighted by molar-refractivity contribution is -0.122. The standard InChI is InChI=1S/C26H28N2O4/c1-2-24(32-20-14-13-18-8-3-4-9-19(18)16-20)26(30)28-23-12-6-5-11-22(23)25(29)27-17-21-10-7-15-31-21/h5-7,10-16,24H,2-4,8-9,17H2,1H3,(H,27,29)(H,28,30). The molecule has 6 nitrogen and oxygen atoms in total. The van der Waals surface area contributed by atoms with Crippen molar-refractivity contribution in [1.82, 2.24) is 5.32 Å². The van der Waals surface area contributed by atoms with E-state index in [0.29, 0.717) is 29.2 Å². The monoisotopic (exact) mass is 432 g/mol. The van der Waals surface area contributed by atoms with Crippen LogP contribution in [0.5, 0.6) is 5.75 Å². The van der Waals surface area contributed by atoms with Gasteiger partial charge in [-0.25, -0.2) is 0 Å². The zero-order valence-corrected chi connectivity index (χ0v) is 18.2. The second-order valence-corrected chi connectivity index (χ2v) is 7.95. The molecule has 0 fully saturated rings. The molecule has 0 bridgehead atoms. The van der Waals surface area contributed by atoms with Crippen LogP contribution in [0.4, 0.5) is 5.69 Å². The summed E-state index contributed by atoms with van der Waals surface area (Å²) in [6, 6.07) is 16.6. The Balaban J connectivity index is 1.42. The van der Waals surface area contributed by atoms with Gasteiger partial charge in [0.1, 0.15) is 11.5 Å². The third-order valence-electron chi connectivity index (χ3n) is 5.69. The number of fused-ring (bicyclic) bond motifs is 1. The summed E-state index contributed by atoms with van der Waals surface area (Å²) in [5.74, 6) is 0.791. The van der Waals surface area contributed by atoms with Gasteiger partial charge in [0.25, 0.3) is 11.8 Å². The number of hydrogen-bond acceptors (Lipinski definition) is 4. The maximum atomic E-state index is 13.0. The quantitative estimate of drug-likeness (QED) is 0.531. The first-order chi connectivity index (χ1) is 15.6. The van der Waals surface area contributed by atoms with Crippen LogP contribution in [0.15, 0.2) is 65.3 Å². The fraction of sp³-hybridized carbons (Fsp3) is 0.308. The van der Waals surface area contributed by atoms with Gasteiger partial charge in [-0.05, 0) is 79.6 Å². The van der Waals surface area contributed by atoms with Crippen molar-refractivity contribution in [2.24, 2.45) is 0 Å². The van der Waals surface area contributed by atoms with Crippen LogP contribution in [0.3, 0.4) is 0 Å². The largest absolute Gasteiger partial charge is 0.481 e. The average Bonchev–Trinajstić information content (AvgIpc) is 3.35. The molecule has 0 radical (unpaired) electrons. The molecule has 32 heavy (non-hydrogen) atoms. The number of furan rings is 1. The summed E-state index contributed by atoms with van der Waals surface area (Å²) in [6.45, 7) is 2.18. The Morgan fingerprint density at radius 1 is 1.03 bits per heavy atom. The molecule has 2 N–H and O–H groups in total. The molecule has 1 aliphatic carbocycles. The molecule has 3 aromatic rings. The van der Waals surface area contributed by atoms with Gasteiger partial charge in [0.05, 0.1) is 24.1 Å². The van der Waals surface area contributed by atoms with Crippen molar-refractivity contribution in [2.45, 2.75) is 51.7 Å². The van der Waals surface area contributed by atoms with Crippen molar-refractivity contribution in [3.05, 3.63) is 83.3 Å². The third kappa shape index (κ3) is 5.19. The van der Waals surface area contributed by atoms with E-state index >= 15 is 0 Å². The van der Waals surface area contributed by atoms with E-state index in [1.807, 2.05) is 13.0 Å². The maximum Gasteiger partial charge on any atom is 0.265 e. The van der Waals surface area contributed by atoms with E-state index in [-0.39, 0.29) is 18.4 Å². The topological polar surface area (TPSA) is 80.6 Å². The van der Waals surface area contributed by atoms with Gasteiger partial charge in [-0.1, -0.05) is 25.1 Å². The van der Waals surface area contributed by atoms with Gasteiger partial charge >= 0.3 is 0 Å². The minimum atomic E-state index is -0.657. The second-order valence-electron chi connectivity index (χ2n) is 7.95. The Hall–Kier alpha value is -3.54. The van der Waals surface area contributed by atoms with Gasteiger partial charge in [-0.2, -0.15) is 0 Å². The summed E-state index contributed by atoms with van der Waals surface area (Å²) in [6.07, 6.45) is 5.98. The molecule has 0 spiro atoms. The summed E-state index contributed by atoms with van der Waals surface area (Å²) >= 11 is 0. The van der Waals surface area contributed by atoms with Crippen LogP contribution in [0, 0.1) is 0 Å². The second kappa shape index (κ2) is 10.2. The number of carbonyl (C=O) groups is 2. The average molecular weight is 433 g/mol. The molecule has 0 aliphatic heterocycles. The lowest BCUT2D eigenvalue weighted by Gasteiger charge is -2.21. The smallest absolute Gasteiger partial charge is 0.265 e. The van der Waals surface area contributed by atoms with E-state index in [4.69, 9.17) is 9.15 Å². The third-order valence-corrected chi connectivity index (χ3v) is 5.69. The van der Waals surface area contributed by atoms with Gasteiger partial charge in [0, 0.05) is 0 Å². The first-order valence-electron chi connectivity index (χ1n) is 11.1. The van der Waals surface area contributed by atoms with Crippen molar-refractivity contribution in [1.29, 1.82) is 0 Å². The number of ether oxygens (including phenoxy) is 1. The van der Waals surface area contributed by atoms with Crippen LogP contribution in [-0.4, -0.2) is 17.9 Å². The molecule has 1 atom stereocenters. The molecular weight excluding hydrogens is 404 g/mol. The summed E-state index contributed by atoms with van der Waals surface area (Å²) in [5.41, 5.74) is 3.51. The zero-order chi connectivity index (χ0) is 22.3. The highest BCUT2D eigenvalue weighted by Crippen LogP contribution is 2.26. The molecule has 6 heteroatoms. The number of amides is 2. The molecule has 0 saturated carbocycles. The van der Waals surface area contributed by atoms with Gasteiger partial charge in [-0.3, -0.25) is 9.59 Å². The lowest BCUT2D eigenvalue weighted by atomic mass is 9.92. The Morgan fingerprint density at radius 2 is 1.84 bits per heavy atom. The number of benzene rings is 2. The molecule has 166 valence electrons. The Morgan fingerprint density at radius 3 is 2.62 bits per heavy atom. The first kappa shape index (κ1) is 21.7. The van der Waals surface area contributed by atoms with Gasteiger partial charge < -0.3 is 19.8 Å². The minimum Gasteiger partial charge on any atom is -0.481 e. The van der Waals surface area contributed by atoms with E-state index in [0.717, 1.165) is 12.8 Å². The van der Waals surface area contributed by atoms with E-state index in [1.54, 1.807) is 42.7 Å². The summed E-state index contributed by atoms with van der Waals surface area (Å²) < 4.78 is 11.3. The zero-order valence-electron chi connectivity index (χ0n) is 18.2. The lowest BCUT2D eigenvalue weighted by Crippen LogP contribution is -2.33. The molecule has 2 aromatic carbocycles. The summed E-state index contributed by atoms with van der Waals surface area (Å²) in [7, 11) is 0. The highest BCUT2D eigenvalue weighted by atomic mass is 16.5. The van der Waals surface area contributed by atoms with E-state index in [9.17, 15) is 9.59 Å². The van der Waals surface area contributed by atoms with Crippen LogP contribution in [0.2, 0.25) is 0 Å². The Kier molecular flexibility index (Phi) is 6.90. The van der Waals surface area contributed by atoms with E-state index < -0.39 is 6.10 Å². The van der Waals surface area contributed by atoms with Crippen molar-refractivity contribution >= 4 is 17.5 Å². The SMILES string of the molecule is CCC(Oc1ccc2c(c1)CCCC2)C(=O)Nc1ccccc1C(=O)NCc1ccco1. The molecule has 1 unspecified atom stereocenters. The molecule has 1 aromatic heterocycles. The predicted molar refractivity (Wildman–Crippen MR) is 123 cm³/mol. The van der Waals surface area contributed by atoms with Crippen molar-refractivity contribution in [2.75, 3.05) is 5.32 Å². The van der Waals surface area contributed by atoms with Gasteiger partial charge in [-0.15, -0.1) is 0 Å². The number of para-hydroxylation sites is 1. The number of hydrogen-bond donors (Lipinski definition) is 2. The minimum absolute atomic E-state index is 0.271. The van der Waals surface area contributed by atoms with Gasteiger partial charge in [0.15, 0.2) is 6.10 Å². The molecule has 1 heterocycles. The Bertz CT molecular complexity index is 1080. The van der Waals surface area contributed by atoms with Crippen molar-refractivity contribution in [3.63, 3.8) is 0 Å². The first-order valence-corrected chi connectivity index (χ1v) is 11.1.